The first-order chi connectivity index (χ1) is 5.41. The van der Waals surface area contributed by atoms with Crippen LogP contribution >= 0.6 is 0 Å². The quantitative estimate of drug-likeness (QED) is 0.503. The highest BCUT2D eigenvalue weighted by Gasteiger charge is 2.36. The normalized spacial score (nSPS) is 30.5. The van der Waals surface area contributed by atoms with Gasteiger partial charge in [-0.15, -0.1) is 0 Å². The third-order valence-corrected chi connectivity index (χ3v) is 2.74. The monoisotopic (exact) mass is 158 g/mol. The van der Waals surface area contributed by atoms with Crippen molar-refractivity contribution in [3.05, 3.63) is 0 Å². The van der Waals surface area contributed by atoms with Crippen LogP contribution in [0.2, 0.25) is 0 Å². The number of hydrogen-bond donors (Lipinski definition) is 0. The van der Waals surface area contributed by atoms with Gasteiger partial charge in [0.05, 0.1) is 13.2 Å². The van der Waals surface area contributed by atoms with E-state index in [1.54, 1.807) is 0 Å². The van der Waals surface area contributed by atoms with E-state index in [0.29, 0.717) is 13.2 Å². The van der Waals surface area contributed by atoms with Gasteiger partial charge in [0.25, 0.3) is 0 Å². The molecule has 1 spiro atoms. The Hall–Kier alpha value is -0.120. The summed E-state index contributed by atoms with van der Waals surface area (Å²) in [4.78, 5) is 9.68. The molecule has 1 saturated carbocycles. The lowest BCUT2D eigenvalue weighted by Crippen LogP contribution is -2.38. The summed E-state index contributed by atoms with van der Waals surface area (Å²) in [5.41, 5.74) is 0.288. The molecular weight excluding hydrogens is 144 g/mol. The summed E-state index contributed by atoms with van der Waals surface area (Å²) in [5, 5.41) is 4.40. The molecule has 0 aromatic heterocycles. The van der Waals surface area contributed by atoms with E-state index in [0.717, 1.165) is 0 Å². The fourth-order valence-corrected chi connectivity index (χ4v) is 1.96. The second-order valence-electron chi connectivity index (χ2n) is 3.65. The molecule has 2 fully saturated rings. The first-order valence-corrected chi connectivity index (χ1v) is 4.32. The molecule has 0 amide bonds. The first-order valence-electron chi connectivity index (χ1n) is 4.32. The smallest absolute Gasteiger partial charge is 0.0933 e. The van der Waals surface area contributed by atoms with Crippen molar-refractivity contribution in [2.45, 2.75) is 32.1 Å². The van der Waals surface area contributed by atoms with Gasteiger partial charge in [0.2, 0.25) is 0 Å². The van der Waals surface area contributed by atoms with Crippen molar-refractivity contribution in [1.82, 2.24) is 0 Å². The molecule has 2 rings (SSSR count). The van der Waals surface area contributed by atoms with Crippen LogP contribution in [0.15, 0.2) is 0 Å². The summed E-state index contributed by atoms with van der Waals surface area (Å²) >= 11 is 0. The lowest BCUT2D eigenvalue weighted by atomic mass is 9.75. The van der Waals surface area contributed by atoms with Crippen LogP contribution in [0.4, 0.5) is 0 Å². The molecule has 11 heavy (non-hydrogen) atoms. The molecule has 1 aliphatic carbocycles. The molecular formula is C8H14O3. The predicted octanol–water partition coefficient (Wildman–Crippen LogP) is 1.83. The maximum Gasteiger partial charge on any atom is 0.0933 e. The van der Waals surface area contributed by atoms with E-state index < -0.39 is 0 Å². The minimum atomic E-state index is 0.288. The van der Waals surface area contributed by atoms with Gasteiger partial charge in [-0.25, -0.2) is 9.78 Å². The zero-order valence-electron chi connectivity index (χ0n) is 6.67. The molecule has 1 heterocycles. The number of hydrogen-bond acceptors (Lipinski definition) is 3. The van der Waals surface area contributed by atoms with Gasteiger partial charge in [-0.05, 0) is 12.8 Å². The highest BCUT2D eigenvalue weighted by Crippen LogP contribution is 2.38. The topological polar surface area (TPSA) is 27.7 Å². The zero-order chi connectivity index (χ0) is 7.57. The van der Waals surface area contributed by atoms with Crippen LogP contribution in [0.25, 0.3) is 0 Å². The van der Waals surface area contributed by atoms with Crippen LogP contribution in [-0.2, 0) is 14.8 Å². The lowest BCUT2D eigenvalue weighted by molar-refractivity contribution is -0.551. The standard InChI is InChI=1S/C8H14O3/c1-2-4-8(5-3-1)6-9-11-10-7-8/h1-7H2. The third-order valence-electron chi connectivity index (χ3n) is 2.74. The Morgan fingerprint density at radius 1 is 0.818 bits per heavy atom. The van der Waals surface area contributed by atoms with Gasteiger partial charge in [-0.2, -0.15) is 0 Å². The second-order valence-corrected chi connectivity index (χ2v) is 3.65. The Balaban J connectivity index is 1.94. The lowest BCUT2D eigenvalue weighted by Gasteiger charge is -2.37. The molecule has 0 aromatic carbocycles. The second kappa shape index (κ2) is 3.09. The first kappa shape index (κ1) is 7.53. The largest absolute Gasteiger partial charge is 0.206 e. The molecule has 3 heteroatoms. The average molecular weight is 158 g/mol. The maximum atomic E-state index is 4.84. The summed E-state index contributed by atoms with van der Waals surface area (Å²) in [6.07, 6.45) is 6.45. The van der Waals surface area contributed by atoms with E-state index in [-0.39, 0.29) is 5.41 Å². The summed E-state index contributed by atoms with van der Waals surface area (Å²) < 4.78 is 0. The minimum absolute atomic E-state index is 0.288. The molecule has 0 radical (unpaired) electrons. The molecule has 1 aliphatic heterocycles. The van der Waals surface area contributed by atoms with Crippen molar-refractivity contribution in [3.63, 3.8) is 0 Å². The molecule has 1 saturated heterocycles. The fourth-order valence-electron chi connectivity index (χ4n) is 1.96. The summed E-state index contributed by atoms with van der Waals surface area (Å²) in [7, 11) is 0. The molecule has 0 atom stereocenters. The van der Waals surface area contributed by atoms with E-state index in [9.17, 15) is 0 Å². The average Bonchev–Trinajstić information content (AvgIpc) is 2.07. The van der Waals surface area contributed by atoms with Crippen molar-refractivity contribution in [3.8, 4) is 0 Å². The molecule has 3 nitrogen and oxygen atoms in total. The Bertz CT molecular complexity index is 104. The highest BCUT2D eigenvalue weighted by molar-refractivity contribution is 4.82. The van der Waals surface area contributed by atoms with Crippen molar-refractivity contribution in [1.29, 1.82) is 0 Å². The van der Waals surface area contributed by atoms with Crippen LogP contribution in [0, 0.1) is 5.41 Å². The van der Waals surface area contributed by atoms with Gasteiger partial charge in [0.15, 0.2) is 0 Å². The SMILES string of the molecule is C1CCC2(CC1)COOOC2. The zero-order valence-corrected chi connectivity index (χ0v) is 6.67. The van der Waals surface area contributed by atoms with Crippen LogP contribution in [0.3, 0.4) is 0 Å². The van der Waals surface area contributed by atoms with Crippen molar-refractivity contribution in [2.24, 2.45) is 5.41 Å². The van der Waals surface area contributed by atoms with Crippen LogP contribution in [0.5, 0.6) is 0 Å². The van der Waals surface area contributed by atoms with E-state index in [1.807, 2.05) is 0 Å². The Labute approximate surface area is 66.5 Å². The van der Waals surface area contributed by atoms with Gasteiger partial charge in [0, 0.05) is 5.41 Å². The molecule has 64 valence electrons. The third kappa shape index (κ3) is 1.55. The molecule has 0 bridgehead atoms. The summed E-state index contributed by atoms with van der Waals surface area (Å²) in [6.45, 7) is 1.43. The molecule has 0 N–H and O–H groups in total. The van der Waals surface area contributed by atoms with Crippen LogP contribution < -0.4 is 0 Å². The maximum absolute atomic E-state index is 4.84. The van der Waals surface area contributed by atoms with E-state index in [1.165, 1.54) is 32.1 Å². The molecule has 0 unspecified atom stereocenters. The van der Waals surface area contributed by atoms with Gasteiger partial charge in [0.1, 0.15) is 0 Å². The summed E-state index contributed by atoms with van der Waals surface area (Å²) in [5.74, 6) is 0. The van der Waals surface area contributed by atoms with Crippen molar-refractivity contribution >= 4 is 0 Å². The predicted molar refractivity (Wildman–Crippen MR) is 38.5 cm³/mol. The summed E-state index contributed by atoms with van der Waals surface area (Å²) in [6, 6.07) is 0. The van der Waals surface area contributed by atoms with E-state index in [4.69, 9.17) is 9.78 Å². The Morgan fingerprint density at radius 2 is 1.45 bits per heavy atom. The van der Waals surface area contributed by atoms with Crippen molar-refractivity contribution < 1.29 is 14.8 Å². The van der Waals surface area contributed by atoms with Gasteiger partial charge < -0.3 is 0 Å². The molecule has 0 aromatic rings. The van der Waals surface area contributed by atoms with Crippen LogP contribution in [-0.4, -0.2) is 13.2 Å². The Morgan fingerprint density at radius 3 is 2.09 bits per heavy atom. The Kier molecular flexibility index (Phi) is 2.11. The number of rotatable bonds is 0. The van der Waals surface area contributed by atoms with Gasteiger partial charge in [-0.1, -0.05) is 24.3 Å². The van der Waals surface area contributed by atoms with E-state index >= 15 is 0 Å². The van der Waals surface area contributed by atoms with Crippen LogP contribution in [0.1, 0.15) is 32.1 Å². The van der Waals surface area contributed by atoms with Gasteiger partial charge in [-0.3, -0.25) is 0 Å². The van der Waals surface area contributed by atoms with Crippen molar-refractivity contribution in [2.75, 3.05) is 13.2 Å². The van der Waals surface area contributed by atoms with Gasteiger partial charge >= 0.3 is 0 Å². The highest BCUT2D eigenvalue weighted by atomic mass is 17.5. The minimum Gasteiger partial charge on any atom is -0.206 e. The molecule has 2 aliphatic rings. The fraction of sp³-hybridized carbons (Fsp3) is 1.00. The van der Waals surface area contributed by atoms with E-state index in [2.05, 4.69) is 5.04 Å².